The number of pyridine rings is 1. The summed E-state index contributed by atoms with van der Waals surface area (Å²) in [7, 11) is 1.49. The Labute approximate surface area is 149 Å². The molecular formula is C19H29N3O3. The summed E-state index contributed by atoms with van der Waals surface area (Å²) in [5.41, 5.74) is -0.423. The van der Waals surface area contributed by atoms with E-state index in [1.54, 1.807) is 12.4 Å². The summed E-state index contributed by atoms with van der Waals surface area (Å²) in [6, 6.07) is 0.236. The summed E-state index contributed by atoms with van der Waals surface area (Å²) in [6.07, 6.45) is 9.54. The van der Waals surface area contributed by atoms with Crippen LogP contribution in [0.4, 0.5) is 0 Å². The second-order valence-electron chi connectivity index (χ2n) is 7.17. The van der Waals surface area contributed by atoms with Gasteiger partial charge >= 0.3 is 0 Å². The molecule has 6 nitrogen and oxygen atoms in total. The lowest BCUT2D eigenvalue weighted by Crippen LogP contribution is -2.35. The van der Waals surface area contributed by atoms with E-state index in [1.165, 1.54) is 13.5 Å². The Hall–Kier alpha value is -2.11. The molecule has 1 fully saturated rings. The van der Waals surface area contributed by atoms with Crippen molar-refractivity contribution in [3.8, 4) is 0 Å². The van der Waals surface area contributed by atoms with Crippen LogP contribution in [0.1, 0.15) is 79.1 Å². The van der Waals surface area contributed by atoms with Crippen molar-refractivity contribution in [1.29, 1.82) is 0 Å². The van der Waals surface area contributed by atoms with Gasteiger partial charge in [0.25, 0.3) is 11.8 Å². The van der Waals surface area contributed by atoms with Crippen LogP contribution in [0.15, 0.2) is 17.2 Å². The molecule has 138 valence electrons. The molecule has 1 aliphatic carbocycles. The number of aromatic nitrogens is 1. The van der Waals surface area contributed by atoms with E-state index in [-0.39, 0.29) is 17.2 Å². The SMILES string of the molecule is CNC(=O)c1cn(C2CCCCC2)cc(C(=O)NCCC(C)C)c1=O. The second kappa shape index (κ2) is 8.83. The van der Waals surface area contributed by atoms with Crippen LogP contribution < -0.4 is 16.1 Å². The van der Waals surface area contributed by atoms with Crippen molar-refractivity contribution in [2.45, 2.75) is 58.4 Å². The molecule has 2 N–H and O–H groups in total. The number of nitrogens with zero attached hydrogens (tertiary/aromatic N) is 1. The van der Waals surface area contributed by atoms with Crippen LogP contribution in [0.25, 0.3) is 0 Å². The predicted molar refractivity (Wildman–Crippen MR) is 98.0 cm³/mol. The predicted octanol–water partition coefficient (Wildman–Crippen LogP) is 2.49. The Morgan fingerprint density at radius 2 is 1.72 bits per heavy atom. The summed E-state index contributed by atoms with van der Waals surface area (Å²) >= 11 is 0. The molecule has 1 aromatic heterocycles. The fourth-order valence-electron chi connectivity index (χ4n) is 3.22. The number of hydrogen-bond donors (Lipinski definition) is 2. The third-order valence-electron chi connectivity index (χ3n) is 4.77. The van der Waals surface area contributed by atoms with E-state index in [1.807, 2.05) is 4.57 Å². The van der Waals surface area contributed by atoms with Crippen molar-refractivity contribution in [3.05, 3.63) is 33.7 Å². The zero-order valence-corrected chi connectivity index (χ0v) is 15.4. The average Bonchev–Trinajstić information content (AvgIpc) is 2.61. The Kier molecular flexibility index (Phi) is 6.79. The number of carbonyl (C=O) groups is 2. The number of hydrogen-bond acceptors (Lipinski definition) is 3. The van der Waals surface area contributed by atoms with Gasteiger partial charge in [-0.15, -0.1) is 0 Å². The van der Waals surface area contributed by atoms with Crippen molar-refractivity contribution >= 4 is 11.8 Å². The molecule has 0 unspecified atom stereocenters. The molecule has 0 aromatic carbocycles. The van der Waals surface area contributed by atoms with Crippen LogP contribution in [-0.4, -0.2) is 30.0 Å². The number of nitrogens with one attached hydrogen (secondary N) is 2. The van der Waals surface area contributed by atoms with Gasteiger partial charge in [0.1, 0.15) is 11.1 Å². The van der Waals surface area contributed by atoms with E-state index in [4.69, 9.17) is 0 Å². The zero-order valence-electron chi connectivity index (χ0n) is 15.4. The van der Waals surface area contributed by atoms with E-state index in [2.05, 4.69) is 24.5 Å². The zero-order chi connectivity index (χ0) is 18.4. The maximum Gasteiger partial charge on any atom is 0.256 e. The standard InChI is InChI=1S/C19H29N3O3/c1-13(2)9-10-21-19(25)16-12-22(14-7-5-4-6-8-14)11-15(17(16)23)18(24)20-3/h11-14H,4-10H2,1-3H3,(H,20,24)(H,21,25). The molecule has 0 bridgehead atoms. The van der Waals surface area contributed by atoms with Gasteiger partial charge in [-0.3, -0.25) is 14.4 Å². The van der Waals surface area contributed by atoms with Crippen molar-refractivity contribution in [2.75, 3.05) is 13.6 Å². The highest BCUT2D eigenvalue weighted by atomic mass is 16.2. The quantitative estimate of drug-likeness (QED) is 0.830. The molecule has 0 saturated heterocycles. The van der Waals surface area contributed by atoms with Crippen LogP contribution in [-0.2, 0) is 0 Å². The molecule has 1 aromatic rings. The topological polar surface area (TPSA) is 80.2 Å². The smallest absolute Gasteiger partial charge is 0.256 e. The first-order valence-electron chi connectivity index (χ1n) is 9.20. The molecular weight excluding hydrogens is 318 g/mol. The van der Waals surface area contributed by atoms with Gasteiger partial charge in [-0.1, -0.05) is 33.1 Å². The Morgan fingerprint density at radius 3 is 2.28 bits per heavy atom. The number of carbonyl (C=O) groups excluding carboxylic acids is 2. The van der Waals surface area contributed by atoms with Crippen LogP contribution in [0.5, 0.6) is 0 Å². The highest BCUT2D eigenvalue weighted by molar-refractivity contribution is 5.99. The molecule has 25 heavy (non-hydrogen) atoms. The summed E-state index contributed by atoms with van der Waals surface area (Å²) in [4.78, 5) is 37.2. The normalized spacial score (nSPS) is 15.2. The van der Waals surface area contributed by atoms with Crippen molar-refractivity contribution in [1.82, 2.24) is 15.2 Å². The third-order valence-corrected chi connectivity index (χ3v) is 4.77. The molecule has 2 rings (SSSR count). The van der Waals surface area contributed by atoms with Crippen LogP contribution >= 0.6 is 0 Å². The van der Waals surface area contributed by atoms with E-state index < -0.39 is 17.2 Å². The molecule has 6 heteroatoms. The van der Waals surface area contributed by atoms with Gasteiger partial charge in [-0.05, 0) is 25.2 Å². The summed E-state index contributed by atoms with van der Waals surface area (Å²) in [5.74, 6) is -0.385. The second-order valence-corrected chi connectivity index (χ2v) is 7.17. The molecule has 1 aliphatic rings. The van der Waals surface area contributed by atoms with Gasteiger partial charge < -0.3 is 15.2 Å². The van der Waals surface area contributed by atoms with Gasteiger partial charge in [0, 0.05) is 32.0 Å². The minimum atomic E-state index is -0.506. The molecule has 2 amide bonds. The molecule has 0 aliphatic heterocycles. The van der Waals surface area contributed by atoms with Gasteiger partial charge in [-0.25, -0.2) is 0 Å². The number of rotatable bonds is 6. The monoisotopic (exact) mass is 347 g/mol. The lowest BCUT2D eigenvalue weighted by Gasteiger charge is -2.25. The average molecular weight is 347 g/mol. The summed E-state index contributed by atoms with van der Waals surface area (Å²) in [5, 5.41) is 5.29. The van der Waals surface area contributed by atoms with Gasteiger partial charge in [0.2, 0.25) is 5.43 Å². The van der Waals surface area contributed by atoms with Crippen LogP contribution in [0, 0.1) is 5.92 Å². The minimum absolute atomic E-state index is 0.0320. The molecule has 0 radical (unpaired) electrons. The van der Waals surface area contributed by atoms with Crippen molar-refractivity contribution in [3.63, 3.8) is 0 Å². The fourth-order valence-corrected chi connectivity index (χ4v) is 3.22. The molecule has 0 atom stereocenters. The Morgan fingerprint density at radius 1 is 1.12 bits per heavy atom. The first-order chi connectivity index (χ1) is 11.9. The molecule has 1 saturated carbocycles. The van der Waals surface area contributed by atoms with Gasteiger partial charge in [0.05, 0.1) is 0 Å². The lowest BCUT2D eigenvalue weighted by molar-refractivity contribution is 0.0949. The summed E-state index contributed by atoms with van der Waals surface area (Å²) in [6.45, 7) is 4.67. The largest absolute Gasteiger partial charge is 0.355 e. The van der Waals surface area contributed by atoms with Crippen LogP contribution in [0.2, 0.25) is 0 Å². The molecule has 0 spiro atoms. The first-order valence-corrected chi connectivity index (χ1v) is 9.20. The first kappa shape index (κ1) is 19.2. The number of amides is 2. The van der Waals surface area contributed by atoms with Gasteiger partial charge in [-0.2, -0.15) is 0 Å². The fraction of sp³-hybridized carbons (Fsp3) is 0.632. The highest BCUT2D eigenvalue weighted by Gasteiger charge is 2.22. The van der Waals surface area contributed by atoms with E-state index >= 15 is 0 Å². The van der Waals surface area contributed by atoms with Crippen LogP contribution in [0.3, 0.4) is 0 Å². The maximum atomic E-state index is 12.6. The molecule has 1 heterocycles. The van der Waals surface area contributed by atoms with E-state index in [0.29, 0.717) is 12.5 Å². The highest BCUT2D eigenvalue weighted by Crippen LogP contribution is 2.28. The third kappa shape index (κ3) is 4.94. The maximum absolute atomic E-state index is 12.6. The minimum Gasteiger partial charge on any atom is -0.355 e. The van der Waals surface area contributed by atoms with Gasteiger partial charge in [0.15, 0.2) is 0 Å². The van der Waals surface area contributed by atoms with Crippen molar-refractivity contribution in [2.24, 2.45) is 5.92 Å². The van der Waals surface area contributed by atoms with E-state index in [9.17, 15) is 14.4 Å². The Balaban J connectivity index is 2.34. The van der Waals surface area contributed by atoms with E-state index in [0.717, 1.165) is 32.1 Å². The Bertz CT molecular complexity index is 673. The summed E-state index contributed by atoms with van der Waals surface area (Å²) < 4.78 is 1.89. The lowest BCUT2D eigenvalue weighted by atomic mass is 9.95. The van der Waals surface area contributed by atoms with Crippen molar-refractivity contribution < 1.29 is 9.59 Å².